The molecular weight excluding hydrogens is 220 g/mol. The third-order valence-corrected chi connectivity index (χ3v) is 3.92. The van der Waals surface area contributed by atoms with E-state index in [0.717, 1.165) is 5.92 Å². The molecule has 0 bridgehead atoms. The summed E-state index contributed by atoms with van der Waals surface area (Å²) in [5.74, 6) is 0.813. The number of benzene rings is 1. The van der Waals surface area contributed by atoms with Gasteiger partial charge in [-0.2, -0.15) is 0 Å². The van der Waals surface area contributed by atoms with Crippen LogP contribution >= 0.6 is 0 Å². The van der Waals surface area contributed by atoms with Crippen molar-refractivity contribution in [2.45, 2.75) is 25.7 Å². The van der Waals surface area contributed by atoms with E-state index in [2.05, 4.69) is 34.6 Å². The standard InChI is InChI=1S/C16H20N2/c1-5-14-7-3-10-18-16(14)15(6-1)12-13-4-2-9-17-11-8-13/h1,3,5-7,10,13,17H,2,4,8-9,11-12H2. The molecule has 0 aliphatic carbocycles. The van der Waals surface area contributed by atoms with Crippen LogP contribution in [-0.4, -0.2) is 18.1 Å². The van der Waals surface area contributed by atoms with Gasteiger partial charge in [0.05, 0.1) is 5.52 Å². The lowest BCUT2D eigenvalue weighted by Gasteiger charge is -2.14. The predicted octanol–water partition coefficient (Wildman–Crippen LogP) is 3.17. The molecular formula is C16H20N2. The van der Waals surface area contributed by atoms with E-state index in [0.29, 0.717) is 0 Å². The Morgan fingerprint density at radius 2 is 2.06 bits per heavy atom. The Bertz CT molecular complexity index is 508. The van der Waals surface area contributed by atoms with Gasteiger partial charge in [-0.05, 0) is 56.3 Å². The van der Waals surface area contributed by atoms with Gasteiger partial charge in [0, 0.05) is 11.6 Å². The summed E-state index contributed by atoms with van der Waals surface area (Å²) in [6.45, 7) is 2.35. The normalized spacial score (nSPS) is 20.8. The van der Waals surface area contributed by atoms with Gasteiger partial charge in [0.1, 0.15) is 0 Å². The number of aromatic nitrogens is 1. The molecule has 2 heterocycles. The van der Waals surface area contributed by atoms with Gasteiger partial charge in [-0.25, -0.2) is 0 Å². The maximum atomic E-state index is 4.55. The molecule has 1 saturated heterocycles. The highest BCUT2D eigenvalue weighted by Crippen LogP contribution is 2.23. The summed E-state index contributed by atoms with van der Waals surface area (Å²) in [4.78, 5) is 4.55. The van der Waals surface area contributed by atoms with Gasteiger partial charge in [-0.3, -0.25) is 4.98 Å². The molecule has 1 N–H and O–H groups in total. The molecule has 18 heavy (non-hydrogen) atoms. The smallest absolute Gasteiger partial charge is 0.0733 e. The van der Waals surface area contributed by atoms with Gasteiger partial charge < -0.3 is 5.32 Å². The van der Waals surface area contributed by atoms with E-state index in [1.165, 1.54) is 55.2 Å². The Hall–Kier alpha value is -1.41. The average Bonchev–Trinajstić information content (AvgIpc) is 2.68. The minimum atomic E-state index is 0.813. The van der Waals surface area contributed by atoms with Crippen LogP contribution in [0.2, 0.25) is 0 Å². The van der Waals surface area contributed by atoms with Gasteiger partial charge in [-0.15, -0.1) is 0 Å². The first-order valence-corrected chi connectivity index (χ1v) is 6.97. The van der Waals surface area contributed by atoms with Crippen LogP contribution in [0.25, 0.3) is 10.9 Å². The first-order valence-electron chi connectivity index (χ1n) is 6.97. The molecule has 1 aliphatic rings. The summed E-state index contributed by atoms with van der Waals surface area (Å²) in [6, 6.07) is 10.7. The lowest BCUT2D eigenvalue weighted by Crippen LogP contribution is -2.14. The van der Waals surface area contributed by atoms with Gasteiger partial charge in [0.2, 0.25) is 0 Å². The minimum Gasteiger partial charge on any atom is -0.317 e. The zero-order chi connectivity index (χ0) is 12.2. The first-order chi connectivity index (χ1) is 8.93. The average molecular weight is 240 g/mol. The van der Waals surface area contributed by atoms with E-state index in [1.54, 1.807) is 0 Å². The van der Waals surface area contributed by atoms with E-state index in [-0.39, 0.29) is 0 Å². The van der Waals surface area contributed by atoms with E-state index < -0.39 is 0 Å². The van der Waals surface area contributed by atoms with Gasteiger partial charge in [0.15, 0.2) is 0 Å². The lowest BCUT2D eigenvalue weighted by molar-refractivity contribution is 0.471. The van der Waals surface area contributed by atoms with Crippen molar-refractivity contribution in [3.05, 3.63) is 42.1 Å². The van der Waals surface area contributed by atoms with E-state index in [9.17, 15) is 0 Å². The third-order valence-electron chi connectivity index (χ3n) is 3.92. The zero-order valence-electron chi connectivity index (χ0n) is 10.7. The molecule has 1 aliphatic heterocycles. The maximum absolute atomic E-state index is 4.55. The van der Waals surface area contributed by atoms with Crippen molar-refractivity contribution in [3.8, 4) is 0 Å². The fourth-order valence-corrected chi connectivity index (χ4v) is 2.94. The van der Waals surface area contributed by atoms with Crippen molar-refractivity contribution in [3.63, 3.8) is 0 Å². The van der Waals surface area contributed by atoms with Crippen molar-refractivity contribution < 1.29 is 0 Å². The summed E-state index contributed by atoms with van der Waals surface area (Å²) in [7, 11) is 0. The molecule has 1 unspecified atom stereocenters. The topological polar surface area (TPSA) is 24.9 Å². The number of nitrogens with zero attached hydrogens (tertiary/aromatic N) is 1. The summed E-state index contributed by atoms with van der Waals surface area (Å²) in [5.41, 5.74) is 2.61. The van der Waals surface area contributed by atoms with E-state index in [1.807, 2.05) is 12.3 Å². The fourth-order valence-electron chi connectivity index (χ4n) is 2.94. The largest absolute Gasteiger partial charge is 0.317 e. The van der Waals surface area contributed by atoms with Crippen molar-refractivity contribution in [2.24, 2.45) is 5.92 Å². The van der Waals surface area contributed by atoms with Crippen LogP contribution in [-0.2, 0) is 6.42 Å². The Morgan fingerprint density at radius 3 is 3.06 bits per heavy atom. The number of para-hydroxylation sites is 1. The number of hydrogen-bond acceptors (Lipinski definition) is 2. The Balaban J connectivity index is 1.85. The fraction of sp³-hybridized carbons (Fsp3) is 0.438. The maximum Gasteiger partial charge on any atom is 0.0733 e. The molecule has 0 amide bonds. The quantitative estimate of drug-likeness (QED) is 0.872. The molecule has 0 radical (unpaired) electrons. The van der Waals surface area contributed by atoms with Crippen molar-refractivity contribution in [2.75, 3.05) is 13.1 Å². The molecule has 1 fully saturated rings. The Morgan fingerprint density at radius 1 is 1.11 bits per heavy atom. The molecule has 0 spiro atoms. The van der Waals surface area contributed by atoms with Crippen LogP contribution in [0.1, 0.15) is 24.8 Å². The molecule has 2 nitrogen and oxygen atoms in total. The van der Waals surface area contributed by atoms with Crippen LogP contribution in [0.15, 0.2) is 36.5 Å². The second kappa shape index (κ2) is 5.49. The van der Waals surface area contributed by atoms with E-state index in [4.69, 9.17) is 0 Å². The second-order valence-electron chi connectivity index (χ2n) is 5.24. The SMILES string of the molecule is c1cnc2c(CC3CCCNCC3)cccc2c1. The highest BCUT2D eigenvalue weighted by molar-refractivity contribution is 5.81. The molecule has 1 aromatic carbocycles. The highest BCUT2D eigenvalue weighted by atomic mass is 14.8. The molecule has 1 atom stereocenters. The number of rotatable bonds is 2. The van der Waals surface area contributed by atoms with Crippen LogP contribution in [0.3, 0.4) is 0 Å². The van der Waals surface area contributed by atoms with Crippen molar-refractivity contribution in [1.29, 1.82) is 0 Å². The van der Waals surface area contributed by atoms with Crippen LogP contribution in [0.5, 0.6) is 0 Å². The summed E-state index contributed by atoms with van der Waals surface area (Å²) in [6.07, 6.45) is 7.03. The molecule has 3 rings (SSSR count). The van der Waals surface area contributed by atoms with Crippen LogP contribution in [0, 0.1) is 5.92 Å². The van der Waals surface area contributed by atoms with E-state index >= 15 is 0 Å². The second-order valence-corrected chi connectivity index (χ2v) is 5.24. The van der Waals surface area contributed by atoms with Crippen molar-refractivity contribution >= 4 is 10.9 Å². The molecule has 2 heteroatoms. The Kier molecular flexibility index (Phi) is 3.56. The first kappa shape index (κ1) is 11.7. The summed E-state index contributed by atoms with van der Waals surface area (Å²) in [5, 5.41) is 4.75. The van der Waals surface area contributed by atoms with Crippen molar-refractivity contribution in [1.82, 2.24) is 10.3 Å². The highest BCUT2D eigenvalue weighted by Gasteiger charge is 2.14. The monoisotopic (exact) mass is 240 g/mol. The molecule has 1 aromatic heterocycles. The molecule has 2 aromatic rings. The zero-order valence-corrected chi connectivity index (χ0v) is 10.7. The molecule has 0 saturated carbocycles. The third kappa shape index (κ3) is 2.54. The molecule has 94 valence electrons. The number of pyridine rings is 1. The summed E-state index contributed by atoms with van der Waals surface area (Å²) < 4.78 is 0. The van der Waals surface area contributed by atoms with Crippen LogP contribution < -0.4 is 5.32 Å². The Labute approximate surface area is 108 Å². The minimum absolute atomic E-state index is 0.813. The van der Waals surface area contributed by atoms with Gasteiger partial charge in [-0.1, -0.05) is 24.3 Å². The van der Waals surface area contributed by atoms with Gasteiger partial charge >= 0.3 is 0 Å². The number of fused-ring (bicyclic) bond motifs is 1. The predicted molar refractivity (Wildman–Crippen MR) is 75.7 cm³/mol. The number of nitrogens with one attached hydrogen (secondary N) is 1. The summed E-state index contributed by atoms with van der Waals surface area (Å²) >= 11 is 0. The van der Waals surface area contributed by atoms with Gasteiger partial charge in [0.25, 0.3) is 0 Å². The lowest BCUT2D eigenvalue weighted by atomic mass is 9.91. The number of hydrogen-bond donors (Lipinski definition) is 1. The van der Waals surface area contributed by atoms with Crippen LogP contribution in [0.4, 0.5) is 0 Å².